The van der Waals surface area contributed by atoms with Gasteiger partial charge in [-0.2, -0.15) is 5.10 Å². The predicted molar refractivity (Wildman–Crippen MR) is 86.4 cm³/mol. The lowest BCUT2D eigenvalue weighted by Crippen LogP contribution is -2.18. The van der Waals surface area contributed by atoms with Gasteiger partial charge in [-0.1, -0.05) is 48.5 Å². The molecule has 4 nitrogen and oxygen atoms in total. The summed E-state index contributed by atoms with van der Waals surface area (Å²) in [6, 6.07) is 17.9. The summed E-state index contributed by atoms with van der Waals surface area (Å²) in [4.78, 5) is 11.9. The number of carbonyl (C=O) groups is 1. The zero-order valence-corrected chi connectivity index (χ0v) is 12.7. The number of hydrogen-bond donors (Lipinski definition) is 0. The van der Waals surface area contributed by atoms with E-state index in [0.29, 0.717) is 0 Å². The van der Waals surface area contributed by atoms with Gasteiger partial charge in [0, 0.05) is 10.9 Å². The molecule has 2 aromatic carbocycles. The van der Waals surface area contributed by atoms with Gasteiger partial charge in [0.05, 0.1) is 11.6 Å². The topological polar surface area (TPSA) is 44.1 Å². The molecular weight excluding hydrogens is 276 g/mol. The third-order valence-electron chi connectivity index (χ3n) is 3.35. The minimum atomic E-state index is -0.275. The van der Waals surface area contributed by atoms with Gasteiger partial charge in [0.25, 0.3) is 0 Å². The number of rotatable bonds is 4. The number of nitrogens with zero attached hydrogens (tertiary/aromatic N) is 2. The molecule has 4 heteroatoms. The third kappa shape index (κ3) is 2.86. The van der Waals surface area contributed by atoms with E-state index < -0.39 is 0 Å². The van der Waals surface area contributed by atoms with Gasteiger partial charge >= 0.3 is 5.97 Å². The Bertz CT molecular complexity index is 791. The van der Waals surface area contributed by atoms with Crippen LogP contribution in [0.1, 0.15) is 13.8 Å². The first-order chi connectivity index (χ1) is 10.6. The number of carbonyl (C=O) groups excluding carboxylic acids is 1. The molecule has 0 unspecified atom stereocenters. The van der Waals surface area contributed by atoms with Crippen molar-refractivity contribution in [2.45, 2.75) is 26.5 Å². The van der Waals surface area contributed by atoms with Crippen LogP contribution in [0.5, 0.6) is 0 Å². The van der Waals surface area contributed by atoms with Crippen molar-refractivity contribution < 1.29 is 9.53 Å². The molecule has 1 heterocycles. The first-order valence-corrected chi connectivity index (χ1v) is 7.35. The summed E-state index contributed by atoms with van der Waals surface area (Å²) in [6.45, 7) is 3.80. The molecule has 0 saturated carbocycles. The highest BCUT2D eigenvalue weighted by molar-refractivity contribution is 5.93. The fraction of sp³-hybridized carbons (Fsp3) is 0.222. The number of fused-ring (bicyclic) bond motifs is 1. The highest BCUT2D eigenvalue weighted by Gasteiger charge is 2.15. The van der Waals surface area contributed by atoms with Crippen LogP contribution < -0.4 is 0 Å². The van der Waals surface area contributed by atoms with E-state index >= 15 is 0 Å². The van der Waals surface area contributed by atoms with Crippen molar-refractivity contribution in [3.8, 4) is 11.3 Å². The summed E-state index contributed by atoms with van der Waals surface area (Å²) < 4.78 is 6.93. The molecule has 0 N–H and O–H groups in total. The normalized spacial score (nSPS) is 11.0. The number of benzene rings is 2. The van der Waals surface area contributed by atoms with E-state index in [4.69, 9.17) is 4.74 Å². The monoisotopic (exact) mass is 294 g/mol. The summed E-state index contributed by atoms with van der Waals surface area (Å²) in [5.74, 6) is -0.275. The second-order valence-corrected chi connectivity index (χ2v) is 5.43. The summed E-state index contributed by atoms with van der Waals surface area (Å²) in [5.41, 5.74) is 2.85. The Labute approximate surface area is 129 Å². The first kappa shape index (κ1) is 14.3. The minimum absolute atomic E-state index is 0.117. The van der Waals surface area contributed by atoms with E-state index in [0.717, 1.165) is 22.2 Å². The molecule has 112 valence electrons. The average Bonchev–Trinajstić information content (AvgIpc) is 2.86. The second-order valence-electron chi connectivity index (χ2n) is 5.43. The van der Waals surface area contributed by atoms with E-state index in [-0.39, 0.29) is 18.6 Å². The Kier molecular flexibility index (Phi) is 3.92. The lowest BCUT2D eigenvalue weighted by Gasteiger charge is -2.08. The van der Waals surface area contributed by atoms with Gasteiger partial charge in [-0.05, 0) is 19.9 Å². The summed E-state index contributed by atoms with van der Waals surface area (Å²) in [7, 11) is 0. The van der Waals surface area contributed by atoms with E-state index in [1.807, 2.05) is 68.4 Å². The van der Waals surface area contributed by atoms with Gasteiger partial charge in [0.1, 0.15) is 12.2 Å². The Balaban J connectivity index is 2.03. The second kappa shape index (κ2) is 6.02. The first-order valence-electron chi connectivity index (χ1n) is 7.35. The maximum atomic E-state index is 11.9. The van der Waals surface area contributed by atoms with Crippen LogP contribution >= 0.6 is 0 Å². The fourth-order valence-corrected chi connectivity index (χ4v) is 2.48. The third-order valence-corrected chi connectivity index (χ3v) is 3.35. The van der Waals surface area contributed by atoms with Crippen LogP contribution in [-0.2, 0) is 16.1 Å². The highest BCUT2D eigenvalue weighted by Crippen LogP contribution is 2.27. The molecule has 0 spiro atoms. The zero-order chi connectivity index (χ0) is 15.5. The number of esters is 1. The van der Waals surface area contributed by atoms with Gasteiger partial charge in [0.15, 0.2) is 0 Å². The van der Waals surface area contributed by atoms with Crippen LogP contribution in [0.3, 0.4) is 0 Å². The van der Waals surface area contributed by atoms with E-state index in [1.165, 1.54) is 0 Å². The van der Waals surface area contributed by atoms with Crippen molar-refractivity contribution in [1.82, 2.24) is 9.78 Å². The number of hydrogen-bond acceptors (Lipinski definition) is 3. The molecule has 3 aromatic rings. The maximum Gasteiger partial charge on any atom is 0.328 e. The molecule has 1 aromatic heterocycles. The summed E-state index contributed by atoms with van der Waals surface area (Å²) in [6.07, 6.45) is -0.122. The van der Waals surface area contributed by atoms with Crippen LogP contribution in [0.2, 0.25) is 0 Å². The largest absolute Gasteiger partial charge is 0.462 e. The van der Waals surface area contributed by atoms with Crippen LogP contribution in [0.15, 0.2) is 54.6 Å². The Morgan fingerprint density at radius 2 is 1.77 bits per heavy atom. The van der Waals surface area contributed by atoms with Crippen molar-refractivity contribution in [3.63, 3.8) is 0 Å². The lowest BCUT2D eigenvalue weighted by atomic mass is 10.1. The van der Waals surface area contributed by atoms with Gasteiger partial charge < -0.3 is 4.74 Å². The van der Waals surface area contributed by atoms with Crippen LogP contribution in [0.4, 0.5) is 0 Å². The lowest BCUT2D eigenvalue weighted by molar-refractivity contribution is -0.148. The van der Waals surface area contributed by atoms with Crippen LogP contribution in [-0.4, -0.2) is 21.9 Å². The van der Waals surface area contributed by atoms with E-state index in [1.54, 1.807) is 4.68 Å². The minimum Gasteiger partial charge on any atom is -0.462 e. The van der Waals surface area contributed by atoms with Crippen molar-refractivity contribution in [2.24, 2.45) is 0 Å². The van der Waals surface area contributed by atoms with Gasteiger partial charge in [-0.3, -0.25) is 9.48 Å². The number of ether oxygens (including phenoxy) is 1. The van der Waals surface area contributed by atoms with Gasteiger partial charge in [0.2, 0.25) is 0 Å². The van der Waals surface area contributed by atoms with Gasteiger partial charge in [-0.25, -0.2) is 0 Å². The molecule has 0 aliphatic rings. The van der Waals surface area contributed by atoms with Crippen molar-refractivity contribution in [1.29, 1.82) is 0 Å². The van der Waals surface area contributed by atoms with Crippen molar-refractivity contribution >= 4 is 16.9 Å². The highest BCUT2D eigenvalue weighted by atomic mass is 16.5. The van der Waals surface area contributed by atoms with E-state index in [9.17, 15) is 4.79 Å². The van der Waals surface area contributed by atoms with Crippen LogP contribution in [0, 0.1) is 0 Å². The quantitative estimate of drug-likeness (QED) is 0.690. The maximum absolute atomic E-state index is 11.9. The molecule has 0 bridgehead atoms. The molecule has 0 aliphatic heterocycles. The number of para-hydroxylation sites is 1. The molecule has 22 heavy (non-hydrogen) atoms. The Morgan fingerprint density at radius 3 is 2.50 bits per heavy atom. The smallest absolute Gasteiger partial charge is 0.328 e. The predicted octanol–water partition coefficient (Wildman–Crippen LogP) is 3.65. The molecule has 0 atom stereocenters. The number of aromatic nitrogens is 2. The summed E-state index contributed by atoms with van der Waals surface area (Å²) >= 11 is 0. The van der Waals surface area contributed by atoms with Crippen molar-refractivity contribution in [3.05, 3.63) is 54.6 Å². The Morgan fingerprint density at radius 1 is 1.09 bits per heavy atom. The van der Waals surface area contributed by atoms with E-state index in [2.05, 4.69) is 5.10 Å². The SMILES string of the molecule is CC(C)OC(=O)Cn1nc(-c2ccccc2)c2ccccc21. The van der Waals surface area contributed by atoms with Gasteiger partial charge in [-0.15, -0.1) is 0 Å². The molecule has 0 radical (unpaired) electrons. The Hall–Kier alpha value is -2.62. The molecule has 3 rings (SSSR count). The van der Waals surface area contributed by atoms with Crippen LogP contribution in [0.25, 0.3) is 22.2 Å². The fourth-order valence-electron chi connectivity index (χ4n) is 2.48. The zero-order valence-electron chi connectivity index (χ0n) is 12.7. The molecule has 0 fully saturated rings. The summed E-state index contributed by atoms with van der Waals surface area (Å²) in [5, 5.41) is 5.66. The molecular formula is C18H18N2O2. The molecule has 0 saturated heterocycles. The molecule has 0 amide bonds. The standard InChI is InChI=1S/C18H18N2O2/c1-13(2)22-17(21)12-20-16-11-7-6-10-15(16)18(19-20)14-8-4-3-5-9-14/h3-11,13H,12H2,1-2H3. The van der Waals surface area contributed by atoms with Crippen molar-refractivity contribution in [2.75, 3.05) is 0 Å². The average molecular weight is 294 g/mol. The molecule has 0 aliphatic carbocycles.